The molecular formula is C26H28N2O2. The fourth-order valence-electron chi connectivity index (χ4n) is 3.80. The van der Waals surface area contributed by atoms with Crippen molar-refractivity contribution in [1.82, 2.24) is 9.55 Å². The molecule has 0 saturated carbocycles. The molecule has 0 saturated heterocycles. The van der Waals surface area contributed by atoms with E-state index in [1.54, 1.807) is 7.11 Å². The Morgan fingerprint density at radius 1 is 0.933 bits per heavy atom. The van der Waals surface area contributed by atoms with E-state index in [4.69, 9.17) is 14.5 Å². The van der Waals surface area contributed by atoms with Crippen LogP contribution in [-0.2, 0) is 13.2 Å². The highest BCUT2D eigenvalue weighted by Gasteiger charge is 2.15. The van der Waals surface area contributed by atoms with E-state index in [9.17, 15) is 0 Å². The molecule has 4 aromatic rings. The molecule has 4 heteroatoms. The van der Waals surface area contributed by atoms with Crippen LogP contribution in [0.25, 0.3) is 11.0 Å². The normalized spacial score (nSPS) is 11.2. The van der Waals surface area contributed by atoms with E-state index in [2.05, 4.69) is 55.7 Å². The molecule has 0 unspecified atom stereocenters. The van der Waals surface area contributed by atoms with Crippen molar-refractivity contribution in [2.75, 3.05) is 7.11 Å². The van der Waals surface area contributed by atoms with Gasteiger partial charge >= 0.3 is 0 Å². The van der Waals surface area contributed by atoms with Crippen molar-refractivity contribution >= 4 is 11.0 Å². The lowest BCUT2D eigenvalue weighted by Gasteiger charge is -2.16. The molecule has 1 aromatic heterocycles. The van der Waals surface area contributed by atoms with Crippen molar-refractivity contribution in [1.29, 1.82) is 0 Å². The maximum Gasteiger partial charge on any atom is 0.148 e. The Balaban J connectivity index is 1.70. The van der Waals surface area contributed by atoms with Crippen LogP contribution in [0.4, 0.5) is 0 Å². The molecule has 0 atom stereocenters. The summed E-state index contributed by atoms with van der Waals surface area (Å²) >= 11 is 0. The van der Waals surface area contributed by atoms with Crippen LogP contribution < -0.4 is 9.47 Å². The van der Waals surface area contributed by atoms with Crippen molar-refractivity contribution in [3.8, 4) is 11.5 Å². The summed E-state index contributed by atoms with van der Waals surface area (Å²) in [5, 5.41) is 0. The number of aryl methyl sites for hydroxylation is 1. The first-order valence-electron chi connectivity index (χ1n) is 10.4. The molecule has 1 heterocycles. The fourth-order valence-corrected chi connectivity index (χ4v) is 3.80. The van der Waals surface area contributed by atoms with E-state index in [-0.39, 0.29) is 0 Å². The lowest BCUT2D eigenvalue weighted by Crippen LogP contribution is -2.10. The van der Waals surface area contributed by atoms with Crippen LogP contribution in [0.5, 0.6) is 11.5 Å². The lowest BCUT2D eigenvalue weighted by atomic mass is 10.0. The van der Waals surface area contributed by atoms with Gasteiger partial charge in [-0.25, -0.2) is 4.98 Å². The van der Waals surface area contributed by atoms with Gasteiger partial charge in [-0.1, -0.05) is 56.3 Å². The molecule has 4 rings (SSSR count). The van der Waals surface area contributed by atoms with Gasteiger partial charge in [-0.15, -0.1) is 0 Å². The monoisotopic (exact) mass is 400 g/mol. The van der Waals surface area contributed by atoms with E-state index >= 15 is 0 Å². The summed E-state index contributed by atoms with van der Waals surface area (Å²) < 4.78 is 14.1. The summed E-state index contributed by atoms with van der Waals surface area (Å²) in [5.74, 6) is 3.11. The summed E-state index contributed by atoms with van der Waals surface area (Å²) in [6.45, 7) is 7.55. The average Bonchev–Trinajstić information content (AvgIpc) is 3.10. The van der Waals surface area contributed by atoms with Gasteiger partial charge in [0.25, 0.3) is 0 Å². The first kappa shape index (κ1) is 20.0. The van der Waals surface area contributed by atoms with Crippen LogP contribution in [0.1, 0.15) is 42.3 Å². The highest BCUT2D eigenvalue weighted by Crippen LogP contribution is 2.29. The van der Waals surface area contributed by atoms with E-state index in [1.807, 2.05) is 36.4 Å². The van der Waals surface area contributed by atoms with Gasteiger partial charge in [-0.3, -0.25) is 0 Å². The SMILES string of the molecule is COc1ccccc1Cn1c(COc2cc(C)ccc2C(C)C)nc2ccccc21. The van der Waals surface area contributed by atoms with Crippen LogP contribution in [0.15, 0.2) is 66.7 Å². The zero-order chi connectivity index (χ0) is 21.1. The van der Waals surface area contributed by atoms with Gasteiger partial charge in [0.2, 0.25) is 0 Å². The Kier molecular flexibility index (Phi) is 5.75. The van der Waals surface area contributed by atoms with E-state index < -0.39 is 0 Å². The standard InChI is InChI=1S/C26H28N2O2/c1-18(2)21-14-13-19(3)15-25(21)30-17-26-27-22-10-6-7-11-23(22)28(26)16-20-9-5-8-12-24(20)29-4/h5-15,18H,16-17H2,1-4H3. The number of fused-ring (bicyclic) bond motifs is 1. The Hall–Kier alpha value is -3.27. The van der Waals surface area contributed by atoms with Gasteiger partial charge in [-0.05, 0) is 48.2 Å². The smallest absolute Gasteiger partial charge is 0.148 e. The summed E-state index contributed by atoms with van der Waals surface area (Å²) in [5.41, 5.74) is 5.59. The molecule has 0 aliphatic rings. The molecular weight excluding hydrogens is 372 g/mol. The fraction of sp³-hybridized carbons (Fsp3) is 0.269. The van der Waals surface area contributed by atoms with Crippen molar-refractivity contribution < 1.29 is 9.47 Å². The third kappa shape index (κ3) is 4.04. The number of hydrogen-bond acceptors (Lipinski definition) is 3. The highest BCUT2D eigenvalue weighted by atomic mass is 16.5. The molecule has 0 bridgehead atoms. The van der Waals surface area contributed by atoms with Gasteiger partial charge in [0, 0.05) is 5.56 Å². The van der Waals surface area contributed by atoms with Crippen molar-refractivity contribution in [2.45, 2.75) is 39.8 Å². The maximum absolute atomic E-state index is 6.32. The maximum atomic E-state index is 6.32. The molecule has 0 spiro atoms. The zero-order valence-electron chi connectivity index (χ0n) is 18.1. The van der Waals surface area contributed by atoms with Crippen LogP contribution in [0.3, 0.4) is 0 Å². The van der Waals surface area contributed by atoms with Gasteiger partial charge in [0.1, 0.15) is 23.9 Å². The second-order valence-corrected chi connectivity index (χ2v) is 7.90. The zero-order valence-corrected chi connectivity index (χ0v) is 18.1. The largest absolute Gasteiger partial charge is 0.496 e. The van der Waals surface area contributed by atoms with Crippen LogP contribution in [0, 0.1) is 6.92 Å². The van der Waals surface area contributed by atoms with E-state index in [0.717, 1.165) is 33.9 Å². The Morgan fingerprint density at radius 2 is 1.70 bits per heavy atom. The summed E-state index contributed by atoms with van der Waals surface area (Å²) in [6.07, 6.45) is 0. The third-order valence-electron chi connectivity index (χ3n) is 5.40. The van der Waals surface area contributed by atoms with Gasteiger partial charge in [0.05, 0.1) is 24.7 Å². The van der Waals surface area contributed by atoms with Gasteiger partial charge in [-0.2, -0.15) is 0 Å². The van der Waals surface area contributed by atoms with Gasteiger partial charge in [0.15, 0.2) is 0 Å². The average molecular weight is 401 g/mol. The predicted octanol–water partition coefficient (Wildman–Crippen LogP) is 6.10. The summed E-state index contributed by atoms with van der Waals surface area (Å²) in [4.78, 5) is 4.87. The molecule has 0 N–H and O–H groups in total. The molecule has 0 fully saturated rings. The van der Waals surface area contributed by atoms with Crippen molar-refractivity contribution in [3.05, 3.63) is 89.2 Å². The minimum absolute atomic E-state index is 0.396. The van der Waals surface area contributed by atoms with E-state index in [1.165, 1.54) is 11.1 Å². The third-order valence-corrected chi connectivity index (χ3v) is 5.40. The van der Waals surface area contributed by atoms with Crippen LogP contribution in [-0.4, -0.2) is 16.7 Å². The Labute approximate surface area is 178 Å². The lowest BCUT2D eigenvalue weighted by molar-refractivity contribution is 0.287. The van der Waals surface area contributed by atoms with Crippen molar-refractivity contribution in [3.63, 3.8) is 0 Å². The number of para-hydroxylation sites is 3. The molecule has 3 aromatic carbocycles. The van der Waals surface area contributed by atoms with Crippen LogP contribution in [0.2, 0.25) is 0 Å². The number of aromatic nitrogens is 2. The number of ether oxygens (including phenoxy) is 2. The minimum Gasteiger partial charge on any atom is -0.496 e. The second-order valence-electron chi connectivity index (χ2n) is 7.90. The quantitative estimate of drug-likeness (QED) is 0.376. The number of imidazole rings is 1. The molecule has 154 valence electrons. The topological polar surface area (TPSA) is 36.3 Å². The molecule has 30 heavy (non-hydrogen) atoms. The first-order valence-corrected chi connectivity index (χ1v) is 10.4. The Morgan fingerprint density at radius 3 is 2.50 bits per heavy atom. The van der Waals surface area contributed by atoms with Crippen molar-refractivity contribution in [2.24, 2.45) is 0 Å². The second kappa shape index (κ2) is 8.62. The van der Waals surface area contributed by atoms with Gasteiger partial charge < -0.3 is 14.0 Å². The molecule has 0 radical (unpaired) electrons. The predicted molar refractivity (Wildman–Crippen MR) is 121 cm³/mol. The molecule has 0 aliphatic heterocycles. The number of benzene rings is 3. The number of rotatable bonds is 7. The number of nitrogens with zero attached hydrogens (tertiary/aromatic N) is 2. The highest BCUT2D eigenvalue weighted by molar-refractivity contribution is 5.76. The minimum atomic E-state index is 0.396. The van der Waals surface area contributed by atoms with Crippen LogP contribution >= 0.6 is 0 Å². The summed E-state index contributed by atoms with van der Waals surface area (Å²) in [7, 11) is 1.71. The molecule has 4 nitrogen and oxygen atoms in total. The first-order chi connectivity index (χ1) is 14.6. The van der Waals surface area contributed by atoms with E-state index in [0.29, 0.717) is 19.1 Å². The molecule has 0 aliphatic carbocycles. The molecule has 0 amide bonds. The number of hydrogen-bond donors (Lipinski definition) is 0. The number of methoxy groups -OCH3 is 1. The summed E-state index contributed by atoms with van der Waals surface area (Å²) in [6, 6.07) is 22.7. The Bertz CT molecular complexity index is 1160.